The monoisotopic (exact) mass is 414 g/mol. The number of amides is 1. The number of hydrogen-bond acceptors (Lipinski definition) is 6. The number of benzene rings is 1. The van der Waals surface area contributed by atoms with Crippen LogP contribution in [-0.4, -0.2) is 57.1 Å². The van der Waals surface area contributed by atoms with E-state index in [4.69, 9.17) is 5.73 Å². The minimum absolute atomic E-state index is 0.104. The number of rotatable bonds is 3. The van der Waals surface area contributed by atoms with Crippen molar-refractivity contribution in [3.8, 4) is 11.3 Å². The zero-order chi connectivity index (χ0) is 20.0. The van der Waals surface area contributed by atoms with Gasteiger partial charge in [-0.25, -0.2) is 13.9 Å². The minimum Gasteiger partial charge on any atom is -0.343 e. The number of halogens is 1. The highest BCUT2D eigenvalue weighted by atomic mass is 32.1. The number of nitrogens with two attached hydrogens (primary N) is 1. The molecule has 1 aromatic carbocycles. The predicted octanol–water partition coefficient (Wildman–Crippen LogP) is 2.52. The number of carbonyl (C=O) groups is 1. The third-order valence-electron chi connectivity index (χ3n) is 5.93. The van der Waals surface area contributed by atoms with Crippen LogP contribution in [0.25, 0.3) is 16.2 Å². The molecule has 2 fully saturated rings. The second-order valence-electron chi connectivity index (χ2n) is 7.89. The lowest BCUT2D eigenvalue weighted by molar-refractivity contribution is -0.137. The van der Waals surface area contributed by atoms with E-state index >= 15 is 0 Å². The van der Waals surface area contributed by atoms with Crippen molar-refractivity contribution >= 4 is 27.3 Å². The number of hydrogen-bond donors (Lipinski definition) is 1. The Labute approximate surface area is 171 Å². The molecule has 0 atom stereocenters. The fourth-order valence-electron chi connectivity index (χ4n) is 4.21. The molecule has 1 aliphatic heterocycles. The summed E-state index contributed by atoms with van der Waals surface area (Å²) in [6.45, 7) is 2.81. The Hall–Kier alpha value is -2.52. The van der Waals surface area contributed by atoms with Crippen molar-refractivity contribution in [2.45, 2.75) is 31.2 Å². The summed E-state index contributed by atoms with van der Waals surface area (Å²) in [5.74, 6) is -0.158. The first-order valence-corrected chi connectivity index (χ1v) is 10.8. The van der Waals surface area contributed by atoms with Crippen LogP contribution in [0, 0.1) is 5.82 Å². The molecule has 7 nitrogen and oxygen atoms in total. The molecule has 1 amide bonds. The lowest BCUT2D eigenvalue weighted by Gasteiger charge is -2.38. The number of nitrogens with zero attached hydrogens (tertiary/aromatic N) is 5. The number of imidazole rings is 1. The fourth-order valence-corrected chi connectivity index (χ4v) is 5.15. The summed E-state index contributed by atoms with van der Waals surface area (Å²) in [5, 5.41) is 5.55. The Balaban J connectivity index is 1.27. The highest BCUT2D eigenvalue weighted by Crippen LogP contribution is 2.31. The minimum atomic E-state index is -0.652. The van der Waals surface area contributed by atoms with Gasteiger partial charge in [0.05, 0.1) is 17.4 Å². The Morgan fingerprint density at radius 3 is 2.45 bits per heavy atom. The van der Waals surface area contributed by atoms with Gasteiger partial charge in [-0.3, -0.25) is 4.79 Å². The number of fused-ring (bicyclic) bond motifs is 1. The molecule has 29 heavy (non-hydrogen) atoms. The third kappa shape index (κ3) is 3.38. The standard InChI is InChI=1S/C20H23FN6OS/c21-15-5-3-14(4-6-15)16-13-27-18(23-16)29-19(24-27)26-11-9-25(10-12-26)17(28)20(22)7-1-2-8-20/h3-6,13H,1-2,7-12,22H2. The van der Waals surface area contributed by atoms with E-state index in [0.29, 0.717) is 13.1 Å². The molecule has 1 saturated heterocycles. The van der Waals surface area contributed by atoms with E-state index in [0.717, 1.165) is 60.1 Å². The average molecular weight is 415 g/mol. The predicted molar refractivity (Wildman–Crippen MR) is 110 cm³/mol. The molecule has 2 aliphatic rings. The first-order chi connectivity index (χ1) is 14.0. The van der Waals surface area contributed by atoms with Crippen molar-refractivity contribution < 1.29 is 9.18 Å². The van der Waals surface area contributed by atoms with Crippen LogP contribution in [0.4, 0.5) is 9.52 Å². The highest BCUT2D eigenvalue weighted by Gasteiger charge is 2.40. The lowest BCUT2D eigenvalue weighted by Crippen LogP contribution is -2.58. The van der Waals surface area contributed by atoms with E-state index in [-0.39, 0.29) is 11.7 Å². The van der Waals surface area contributed by atoms with Gasteiger partial charge >= 0.3 is 0 Å². The molecular formula is C20H23FN6OS. The second kappa shape index (κ2) is 7.07. The molecule has 1 saturated carbocycles. The van der Waals surface area contributed by atoms with E-state index < -0.39 is 5.54 Å². The Morgan fingerprint density at radius 2 is 1.79 bits per heavy atom. The van der Waals surface area contributed by atoms with Gasteiger partial charge in [0.1, 0.15) is 5.82 Å². The number of piperazine rings is 1. The normalized spacial score (nSPS) is 19.2. The molecule has 5 rings (SSSR count). The van der Waals surface area contributed by atoms with Crippen molar-refractivity contribution in [3.63, 3.8) is 0 Å². The molecule has 0 unspecified atom stereocenters. The summed E-state index contributed by atoms with van der Waals surface area (Å²) in [6.07, 6.45) is 5.54. The van der Waals surface area contributed by atoms with Crippen molar-refractivity contribution in [2.75, 3.05) is 31.1 Å². The van der Waals surface area contributed by atoms with E-state index in [2.05, 4.69) is 15.0 Å². The van der Waals surface area contributed by atoms with Gasteiger partial charge in [0.2, 0.25) is 16.0 Å². The summed E-state index contributed by atoms with van der Waals surface area (Å²) in [6, 6.07) is 6.29. The molecule has 3 aromatic rings. The number of carbonyl (C=O) groups excluding carboxylic acids is 1. The van der Waals surface area contributed by atoms with Crippen LogP contribution in [0.1, 0.15) is 25.7 Å². The summed E-state index contributed by atoms with van der Waals surface area (Å²) in [4.78, 5) is 22.3. The highest BCUT2D eigenvalue weighted by molar-refractivity contribution is 7.20. The molecule has 0 radical (unpaired) electrons. The molecule has 9 heteroatoms. The van der Waals surface area contributed by atoms with E-state index in [1.54, 1.807) is 16.6 Å². The Morgan fingerprint density at radius 1 is 1.10 bits per heavy atom. The fraction of sp³-hybridized carbons (Fsp3) is 0.450. The van der Waals surface area contributed by atoms with Gasteiger partial charge < -0.3 is 15.5 Å². The maximum absolute atomic E-state index is 13.1. The molecule has 1 aliphatic carbocycles. The largest absolute Gasteiger partial charge is 0.343 e. The summed E-state index contributed by atoms with van der Waals surface area (Å²) in [7, 11) is 0. The quantitative estimate of drug-likeness (QED) is 0.712. The summed E-state index contributed by atoms with van der Waals surface area (Å²) < 4.78 is 14.9. The summed E-state index contributed by atoms with van der Waals surface area (Å²) >= 11 is 1.52. The molecule has 152 valence electrons. The molecule has 2 N–H and O–H groups in total. The van der Waals surface area contributed by atoms with Crippen LogP contribution in [-0.2, 0) is 4.79 Å². The van der Waals surface area contributed by atoms with Crippen LogP contribution in [0.15, 0.2) is 30.5 Å². The molecule has 0 spiro atoms. The van der Waals surface area contributed by atoms with Crippen molar-refractivity contribution in [1.82, 2.24) is 19.5 Å². The lowest BCUT2D eigenvalue weighted by atomic mass is 9.97. The van der Waals surface area contributed by atoms with Crippen molar-refractivity contribution in [2.24, 2.45) is 5.73 Å². The SMILES string of the molecule is NC1(C(=O)N2CCN(c3nn4cc(-c5ccc(F)cc5)nc4s3)CC2)CCCC1. The Bertz CT molecular complexity index is 1000. The van der Waals surface area contributed by atoms with Gasteiger partial charge in [-0.15, -0.1) is 5.10 Å². The number of aromatic nitrogens is 3. The maximum atomic E-state index is 13.1. The molecule has 2 aromatic heterocycles. The topological polar surface area (TPSA) is 79.8 Å². The van der Waals surface area contributed by atoms with Gasteiger partial charge in [-0.1, -0.05) is 24.2 Å². The first kappa shape index (κ1) is 18.5. The second-order valence-corrected chi connectivity index (χ2v) is 8.82. The maximum Gasteiger partial charge on any atom is 0.242 e. The van der Waals surface area contributed by atoms with Crippen LogP contribution in [0.3, 0.4) is 0 Å². The molecule has 3 heterocycles. The molecular weight excluding hydrogens is 391 g/mol. The zero-order valence-electron chi connectivity index (χ0n) is 16.1. The Kier molecular flexibility index (Phi) is 4.51. The average Bonchev–Trinajstić information content (AvgIpc) is 3.43. The smallest absolute Gasteiger partial charge is 0.242 e. The molecule has 0 bridgehead atoms. The van der Waals surface area contributed by atoms with E-state index in [9.17, 15) is 9.18 Å². The van der Waals surface area contributed by atoms with Gasteiger partial charge in [0.25, 0.3) is 0 Å². The number of anilines is 1. The van der Waals surface area contributed by atoms with Crippen LogP contribution >= 0.6 is 11.3 Å². The van der Waals surface area contributed by atoms with Crippen LogP contribution in [0.2, 0.25) is 0 Å². The van der Waals surface area contributed by atoms with Gasteiger partial charge in [-0.2, -0.15) is 0 Å². The van der Waals surface area contributed by atoms with Crippen molar-refractivity contribution in [3.05, 3.63) is 36.3 Å². The first-order valence-electron chi connectivity index (χ1n) is 9.97. The van der Waals surface area contributed by atoms with Gasteiger partial charge in [-0.05, 0) is 37.1 Å². The van der Waals surface area contributed by atoms with Gasteiger partial charge in [0.15, 0.2) is 0 Å². The van der Waals surface area contributed by atoms with E-state index in [1.165, 1.54) is 23.5 Å². The van der Waals surface area contributed by atoms with Crippen molar-refractivity contribution in [1.29, 1.82) is 0 Å². The van der Waals surface area contributed by atoms with Gasteiger partial charge in [0, 0.05) is 31.7 Å². The van der Waals surface area contributed by atoms with Crippen LogP contribution < -0.4 is 10.6 Å². The summed E-state index contributed by atoms with van der Waals surface area (Å²) in [5.41, 5.74) is 7.32. The third-order valence-corrected chi connectivity index (χ3v) is 6.91. The van der Waals surface area contributed by atoms with E-state index in [1.807, 2.05) is 11.1 Å². The zero-order valence-corrected chi connectivity index (χ0v) is 16.9. The van der Waals surface area contributed by atoms with Crippen LogP contribution in [0.5, 0.6) is 0 Å².